The van der Waals surface area contributed by atoms with Crippen molar-refractivity contribution < 1.29 is 14.7 Å². The third-order valence-electron chi connectivity index (χ3n) is 6.54. The van der Waals surface area contributed by atoms with E-state index in [0.717, 1.165) is 21.5 Å². The maximum atomic E-state index is 13.5. The lowest BCUT2D eigenvalue weighted by atomic mass is 9.98. The number of hydrazone groups is 1. The number of carbonyl (C=O) groups excluding carboxylic acids is 2. The molecular formula is C28H20ClN5O3. The highest BCUT2D eigenvalue weighted by Crippen LogP contribution is 2.30. The first kappa shape index (κ1) is 22.9. The summed E-state index contributed by atoms with van der Waals surface area (Å²) >= 11 is 6.16. The van der Waals surface area contributed by atoms with Crippen LogP contribution in [-0.2, 0) is 16.1 Å². The maximum Gasteiger partial charge on any atom is 0.283 e. The van der Waals surface area contributed by atoms with E-state index in [9.17, 15) is 14.7 Å². The molecule has 8 nitrogen and oxygen atoms in total. The van der Waals surface area contributed by atoms with Crippen LogP contribution in [0.2, 0.25) is 5.02 Å². The molecule has 0 bridgehead atoms. The molecule has 1 aliphatic rings. The van der Waals surface area contributed by atoms with Gasteiger partial charge in [0.2, 0.25) is 0 Å². The summed E-state index contributed by atoms with van der Waals surface area (Å²) in [5.41, 5.74) is 5.51. The topological polar surface area (TPSA) is 101 Å². The molecule has 0 saturated heterocycles. The molecule has 9 heteroatoms. The summed E-state index contributed by atoms with van der Waals surface area (Å²) in [5.74, 6) is -0.842. The van der Waals surface area contributed by atoms with Crippen molar-refractivity contribution in [3.8, 4) is 5.75 Å². The van der Waals surface area contributed by atoms with Crippen LogP contribution in [0.1, 0.15) is 19.4 Å². The van der Waals surface area contributed by atoms with E-state index >= 15 is 0 Å². The summed E-state index contributed by atoms with van der Waals surface area (Å²) in [6, 6.07) is 19.4. The van der Waals surface area contributed by atoms with Crippen LogP contribution in [0.25, 0.3) is 38.7 Å². The maximum absolute atomic E-state index is 13.5. The average Bonchev–Trinajstić information content (AvgIpc) is 3.35. The van der Waals surface area contributed by atoms with Crippen molar-refractivity contribution >= 4 is 67.8 Å². The number of para-hydroxylation sites is 1. The van der Waals surface area contributed by atoms with Crippen molar-refractivity contribution in [3.63, 3.8) is 0 Å². The van der Waals surface area contributed by atoms with Crippen molar-refractivity contribution in [3.05, 3.63) is 82.9 Å². The number of imide groups is 1. The molecular weight excluding hydrogens is 490 g/mol. The summed E-state index contributed by atoms with van der Waals surface area (Å²) < 4.78 is 1.76. The second kappa shape index (κ2) is 8.53. The molecule has 0 unspecified atom stereocenters. The smallest absolute Gasteiger partial charge is 0.283 e. The lowest BCUT2D eigenvalue weighted by molar-refractivity contribution is -0.141. The first-order chi connectivity index (χ1) is 17.8. The van der Waals surface area contributed by atoms with E-state index < -0.39 is 11.8 Å². The molecule has 0 radical (unpaired) electrons. The second-order valence-corrected chi connectivity index (χ2v) is 9.31. The molecule has 6 rings (SSSR count). The molecule has 1 N–H and O–H groups in total. The Morgan fingerprint density at radius 3 is 2.54 bits per heavy atom. The number of allylic oxidation sites excluding steroid dienone is 1. The Morgan fingerprint density at radius 1 is 1.00 bits per heavy atom. The second-order valence-electron chi connectivity index (χ2n) is 8.88. The zero-order valence-corrected chi connectivity index (χ0v) is 20.7. The summed E-state index contributed by atoms with van der Waals surface area (Å²) in [7, 11) is 0. The summed E-state index contributed by atoms with van der Waals surface area (Å²) in [6.45, 7) is 3.35. The number of fused-ring (bicyclic) bond motifs is 4. The monoisotopic (exact) mass is 509 g/mol. The Labute approximate surface area is 216 Å². The standard InChI is InChI=1S/C28H20ClN5O3/c1-15(17-7-10-19(35)11-8-17)25-16(2)32-34(28(25)37)24(36)14-33-23-6-4-3-5-20(23)26-27(33)31-21-12-9-18(29)13-22(21)30-26/h3-13,35H,14H2,1-2H3/b25-15-. The lowest BCUT2D eigenvalue weighted by Gasteiger charge is -2.13. The van der Waals surface area contributed by atoms with Crippen LogP contribution in [0.3, 0.4) is 0 Å². The Morgan fingerprint density at radius 2 is 1.76 bits per heavy atom. The van der Waals surface area contributed by atoms with E-state index in [4.69, 9.17) is 21.6 Å². The Hall–Kier alpha value is -4.56. The lowest BCUT2D eigenvalue weighted by Crippen LogP contribution is -2.32. The molecule has 37 heavy (non-hydrogen) atoms. The Bertz CT molecular complexity index is 1840. The number of rotatable bonds is 3. The molecule has 3 heterocycles. The van der Waals surface area contributed by atoms with Gasteiger partial charge in [-0.3, -0.25) is 9.59 Å². The van der Waals surface area contributed by atoms with Gasteiger partial charge in [0.1, 0.15) is 17.8 Å². The Kier molecular flexibility index (Phi) is 5.27. The number of benzene rings is 3. The number of phenols is 1. The fraction of sp³-hybridized carbons (Fsp3) is 0.107. The zero-order chi connectivity index (χ0) is 25.8. The van der Waals surface area contributed by atoms with Crippen LogP contribution < -0.4 is 0 Å². The zero-order valence-electron chi connectivity index (χ0n) is 19.9. The van der Waals surface area contributed by atoms with E-state index in [0.29, 0.717) is 44.1 Å². The van der Waals surface area contributed by atoms with Crippen LogP contribution in [0.15, 0.2) is 77.4 Å². The van der Waals surface area contributed by atoms with E-state index in [1.54, 1.807) is 60.9 Å². The van der Waals surface area contributed by atoms with Crippen LogP contribution in [0, 0.1) is 0 Å². The number of hydrogen-bond donors (Lipinski definition) is 1. The number of hydrogen-bond acceptors (Lipinski definition) is 6. The molecule has 2 amide bonds. The van der Waals surface area contributed by atoms with E-state index in [1.807, 2.05) is 24.3 Å². The van der Waals surface area contributed by atoms with Gasteiger partial charge in [-0.05, 0) is 61.4 Å². The van der Waals surface area contributed by atoms with Crippen molar-refractivity contribution in [2.45, 2.75) is 20.4 Å². The minimum atomic E-state index is -0.487. The van der Waals surface area contributed by atoms with E-state index in [-0.39, 0.29) is 12.3 Å². The predicted molar refractivity (Wildman–Crippen MR) is 143 cm³/mol. The van der Waals surface area contributed by atoms with Crippen LogP contribution in [0.5, 0.6) is 5.75 Å². The van der Waals surface area contributed by atoms with E-state index in [1.165, 1.54) is 0 Å². The average molecular weight is 510 g/mol. The van der Waals surface area contributed by atoms with Gasteiger partial charge in [-0.25, -0.2) is 9.97 Å². The van der Waals surface area contributed by atoms with Gasteiger partial charge in [0.05, 0.1) is 27.8 Å². The van der Waals surface area contributed by atoms with Gasteiger partial charge in [0, 0.05) is 10.4 Å². The van der Waals surface area contributed by atoms with Gasteiger partial charge in [0.25, 0.3) is 11.8 Å². The molecule has 0 spiro atoms. The quantitative estimate of drug-likeness (QED) is 0.332. The summed E-state index contributed by atoms with van der Waals surface area (Å²) in [5, 5.41) is 16.2. The van der Waals surface area contributed by atoms with Crippen molar-refractivity contribution in [2.75, 3.05) is 0 Å². The number of amides is 2. The first-order valence-corrected chi connectivity index (χ1v) is 12.0. The first-order valence-electron chi connectivity index (χ1n) is 11.6. The van der Waals surface area contributed by atoms with Gasteiger partial charge in [-0.15, -0.1) is 0 Å². The third-order valence-corrected chi connectivity index (χ3v) is 6.77. The highest BCUT2D eigenvalue weighted by Gasteiger charge is 2.34. The van der Waals surface area contributed by atoms with Crippen LogP contribution in [-0.4, -0.2) is 42.2 Å². The fourth-order valence-corrected chi connectivity index (χ4v) is 4.90. The minimum absolute atomic E-state index is 0.131. The highest BCUT2D eigenvalue weighted by molar-refractivity contribution is 6.31. The van der Waals surface area contributed by atoms with Gasteiger partial charge < -0.3 is 9.67 Å². The molecule has 1 aliphatic heterocycles. The number of phenolic OH excluding ortho intramolecular Hbond substituents is 1. The largest absolute Gasteiger partial charge is 0.508 e. The number of nitrogens with zero attached hydrogens (tertiary/aromatic N) is 5. The molecule has 3 aromatic carbocycles. The van der Waals surface area contributed by atoms with Crippen molar-refractivity contribution in [2.24, 2.45) is 5.10 Å². The number of aromatic hydroxyl groups is 1. The van der Waals surface area contributed by atoms with Gasteiger partial charge in [-0.1, -0.05) is 41.9 Å². The summed E-state index contributed by atoms with van der Waals surface area (Å²) in [6.07, 6.45) is 0. The fourth-order valence-electron chi connectivity index (χ4n) is 4.74. The SMILES string of the molecule is CC1=NN(C(=O)Cn2c3ccccc3c3nc4cc(Cl)ccc4nc32)C(=O)/C1=C(/C)c1ccc(O)cc1. The van der Waals surface area contributed by atoms with E-state index in [2.05, 4.69) is 5.10 Å². The molecule has 0 saturated carbocycles. The number of aromatic nitrogens is 3. The Balaban J connectivity index is 1.41. The van der Waals surface area contributed by atoms with Gasteiger partial charge in [0.15, 0.2) is 5.65 Å². The number of halogens is 1. The van der Waals surface area contributed by atoms with Crippen LogP contribution >= 0.6 is 11.6 Å². The third kappa shape index (κ3) is 3.73. The highest BCUT2D eigenvalue weighted by atomic mass is 35.5. The molecule has 0 atom stereocenters. The van der Waals surface area contributed by atoms with Gasteiger partial charge >= 0.3 is 0 Å². The van der Waals surface area contributed by atoms with Crippen molar-refractivity contribution in [1.29, 1.82) is 0 Å². The molecule has 0 aliphatic carbocycles. The molecule has 182 valence electrons. The van der Waals surface area contributed by atoms with Crippen LogP contribution in [0.4, 0.5) is 0 Å². The minimum Gasteiger partial charge on any atom is -0.508 e. The number of carbonyl (C=O) groups is 2. The van der Waals surface area contributed by atoms with Gasteiger partial charge in [-0.2, -0.15) is 10.1 Å². The van der Waals surface area contributed by atoms with Crippen molar-refractivity contribution in [1.82, 2.24) is 19.5 Å². The molecule has 2 aromatic heterocycles. The molecule has 5 aromatic rings. The predicted octanol–water partition coefficient (Wildman–Crippen LogP) is 5.32. The normalized spacial score (nSPS) is 15.2. The summed E-state index contributed by atoms with van der Waals surface area (Å²) in [4.78, 5) is 36.4. The molecule has 0 fully saturated rings.